The Morgan fingerprint density at radius 3 is 2.24 bits per heavy atom. The van der Waals surface area contributed by atoms with E-state index in [1.54, 1.807) is 28.0 Å². The number of nitrogens with zero attached hydrogens (tertiary/aromatic N) is 1. The van der Waals surface area contributed by atoms with Gasteiger partial charge in [0.25, 0.3) is 0 Å². The standard InChI is InChI=1S/C11H22N2O4/c1-7(2)9(10(14)15)12-11(16)13(4)8(3)6-17-5/h7-9H,6H2,1-5H3,(H,12,16)(H,14,15)/t8?,9-/m1/s1. The molecule has 0 aliphatic rings. The van der Waals surface area contributed by atoms with Gasteiger partial charge in [0.15, 0.2) is 0 Å². The van der Waals surface area contributed by atoms with E-state index >= 15 is 0 Å². The van der Waals surface area contributed by atoms with Crippen LogP contribution in [0.5, 0.6) is 0 Å². The summed E-state index contributed by atoms with van der Waals surface area (Å²) in [4.78, 5) is 24.1. The fraction of sp³-hybridized carbons (Fsp3) is 0.818. The Balaban J connectivity index is 4.45. The summed E-state index contributed by atoms with van der Waals surface area (Å²) in [5, 5.41) is 11.4. The summed E-state index contributed by atoms with van der Waals surface area (Å²) in [5.74, 6) is -1.19. The minimum atomic E-state index is -1.03. The number of rotatable bonds is 6. The van der Waals surface area contributed by atoms with E-state index in [1.165, 1.54) is 4.90 Å². The van der Waals surface area contributed by atoms with Crippen molar-refractivity contribution in [1.29, 1.82) is 0 Å². The maximum absolute atomic E-state index is 11.8. The van der Waals surface area contributed by atoms with Crippen molar-refractivity contribution < 1.29 is 19.4 Å². The normalized spacial score (nSPS) is 14.2. The van der Waals surface area contributed by atoms with Crippen LogP contribution in [0.3, 0.4) is 0 Å². The van der Waals surface area contributed by atoms with Crippen LogP contribution in [0.2, 0.25) is 0 Å². The molecular weight excluding hydrogens is 224 g/mol. The molecule has 2 atom stereocenters. The number of hydrogen-bond donors (Lipinski definition) is 2. The van der Waals surface area contributed by atoms with Crippen molar-refractivity contribution in [1.82, 2.24) is 10.2 Å². The summed E-state index contributed by atoms with van der Waals surface area (Å²) in [6.45, 7) is 5.73. The summed E-state index contributed by atoms with van der Waals surface area (Å²) < 4.78 is 4.94. The van der Waals surface area contributed by atoms with Gasteiger partial charge in [0.1, 0.15) is 6.04 Å². The van der Waals surface area contributed by atoms with Crippen LogP contribution in [0, 0.1) is 5.92 Å². The molecule has 0 saturated heterocycles. The van der Waals surface area contributed by atoms with Gasteiger partial charge in [0.2, 0.25) is 0 Å². The van der Waals surface area contributed by atoms with Gasteiger partial charge >= 0.3 is 12.0 Å². The first-order valence-electron chi connectivity index (χ1n) is 5.56. The fourth-order valence-corrected chi connectivity index (χ4v) is 1.30. The van der Waals surface area contributed by atoms with Crippen LogP contribution >= 0.6 is 0 Å². The molecule has 0 rings (SSSR count). The number of urea groups is 1. The maximum Gasteiger partial charge on any atom is 0.326 e. The number of ether oxygens (including phenoxy) is 1. The highest BCUT2D eigenvalue weighted by Gasteiger charge is 2.26. The monoisotopic (exact) mass is 246 g/mol. The highest BCUT2D eigenvalue weighted by atomic mass is 16.5. The number of carboxylic acid groups (broad SMARTS) is 1. The lowest BCUT2D eigenvalue weighted by atomic mass is 10.1. The molecule has 0 aromatic rings. The van der Waals surface area contributed by atoms with E-state index in [2.05, 4.69) is 5.32 Å². The summed E-state index contributed by atoms with van der Waals surface area (Å²) >= 11 is 0. The van der Waals surface area contributed by atoms with Crippen LogP contribution in [-0.2, 0) is 9.53 Å². The molecule has 0 aromatic carbocycles. The molecule has 6 heteroatoms. The average molecular weight is 246 g/mol. The number of carbonyl (C=O) groups is 2. The van der Waals surface area contributed by atoms with Crippen molar-refractivity contribution >= 4 is 12.0 Å². The Labute approximate surface area is 102 Å². The molecule has 0 saturated carbocycles. The summed E-state index contributed by atoms with van der Waals surface area (Å²) in [6, 6.07) is -1.39. The van der Waals surface area contributed by atoms with Gasteiger partial charge in [-0.1, -0.05) is 13.8 Å². The molecule has 0 aliphatic heterocycles. The smallest absolute Gasteiger partial charge is 0.326 e. The van der Waals surface area contributed by atoms with E-state index in [1.807, 2.05) is 6.92 Å². The number of carboxylic acids is 1. The summed E-state index contributed by atoms with van der Waals surface area (Å²) in [7, 11) is 3.16. The van der Waals surface area contributed by atoms with Crippen LogP contribution in [0.15, 0.2) is 0 Å². The van der Waals surface area contributed by atoms with Gasteiger partial charge in [-0.25, -0.2) is 9.59 Å². The number of amides is 2. The molecule has 0 radical (unpaired) electrons. The number of carbonyl (C=O) groups excluding carboxylic acids is 1. The molecule has 100 valence electrons. The first-order chi connectivity index (χ1) is 7.81. The molecule has 1 unspecified atom stereocenters. The lowest BCUT2D eigenvalue weighted by Crippen LogP contribution is -2.51. The van der Waals surface area contributed by atoms with E-state index < -0.39 is 18.0 Å². The van der Waals surface area contributed by atoms with E-state index in [0.29, 0.717) is 6.61 Å². The van der Waals surface area contributed by atoms with E-state index in [-0.39, 0.29) is 12.0 Å². The number of likely N-dealkylation sites (N-methyl/N-ethyl adjacent to an activating group) is 1. The van der Waals surface area contributed by atoms with Crippen molar-refractivity contribution in [3.8, 4) is 0 Å². The summed E-state index contributed by atoms with van der Waals surface area (Å²) in [5.41, 5.74) is 0. The largest absolute Gasteiger partial charge is 0.480 e. The average Bonchev–Trinajstić information content (AvgIpc) is 2.23. The van der Waals surface area contributed by atoms with E-state index in [4.69, 9.17) is 9.84 Å². The van der Waals surface area contributed by atoms with Gasteiger partial charge in [-0.3, -0.25) is 0 Å². The molecule has 0 heterocycles. The predicted octanol–water partition coefficient (Wildman–Crippen LogP) is 0.772. The van der Waals surface area contributed by atoms with Gasteiger partial charge in [-0.2, -0.15) is 0 Å². The third kappa shape index (κ3) is 5.04. The second kappa shape index (κ2) is 7.11. The minimum Gasteiger partial charge on any atom is -0.480 e. The predicted molar refractivity (Wildman–Crippen MR) is 63.9 cm³/mol. The number of hydrogen-bond acceptors (Lipinski definition) is 3. The first-order valence-corrected chi connectivity index (χ1v) is 5.56. The van der Waals surface area contributed by atoms with Crippen LogP contribution in [0.1, 0.15) is 20.8 Å². The van der Waals surface area contributed by atoms with Gasteiger partial charge in [0, 0.05) is 14.2 Å². The third-order valence-electron chi connectivity index (χ3n) is 2.60. The molecule has 17 heavy (non-hydrogen) atoms. The number of methoxy groups -OCH3 is 1. The third-order valence-corrected chi connectivity index (χ3v) is 2.60. The van der Waals surface area contributed by atoms with Gasteiger partial charge in [-0.15, -0.1) is 0 Å². The Kier molecular flexibility index (Phi) is 6.57. The van der Waals surface area contributed by atoms with E-state index in [9.17, 15) is 9.59 Å². The maximum atomic E-state index is 11.8. The minimum absolute atomic E-state index is 0.110. The van der Waals surface area contributed by atoms with Gasteiger partial charge in [0.05, 0.1) is 12.6 Å². The van der Waals surface area contributed by atoms with Crippen molar-refractivity contribution in [2.24, 2.45) is 5.92 Å². The van der Waals surface area contributed by atoms with Crippen molar-refractivity contribution in [3.63, 3.8) is 0 Å². The van der Waals surface area contributed by atoms with Crippen molar-refractivity contribution in [3.05, 3.63) is 0 Å². The number of aliphatic carboxylic acids is 1. The number of nitrogens with one attached hydrogen (secondary N) is 1. The molecular formula is C11H22N2O4. The van der Waals surface area contributed by atoms with E-state index in [0.717, 1.165) is 0 Å². The van der Waals surface area contributed by atoms with Crippen LogP contribution < -0.4 is 5.32 Å². The highest BCUT2D eigenvalue weighted by Crippen LogP contribution is 2.04. The van der Waals surface area contributed by atoms with Crippen LogP contribution in [-0.4, -0.2) is 54.9 Å². The quantitative estimate of drug-likeness (QED) is 0.725. The topological polar surface area (TPSA) is 78.9 Å². The molecule has 0 aliphatic carbocycles. The fourth-order valence-electron chi connectivity index (χ4n) is 1.30. The Morgan fingerprint density at radius 2 is 1.88 bits per heavy atom. The molecule has 0 spiro atoms. The second-order valence-electron chi connectivity index (χ2n) is 4.42. The zero-order chi connectivity index (χ0) is 13.6. The zero-order valence-electron chi connectivity index (χ0n) is 11.1. The lowest BCUT2D eigenvalue weighted by Gasteiger charge is -2.27. The lowest BCUT2D eigenvalue weighted by molar-refractivity contribution is -0.140. The van der Waals surface area contributed by atoms with Crippen molar-refractivity contribution in [2.45, 2.75) is 32.9 Å². The zero-order valence-corrected chi connectivity index (χ0v) is 11.1. The molecule has 0 fully saturated rings. The molecule has 2 amide bonds. The van der Waals surface area contributed by atoms with Crippen LogP contribution in [0.4, 0.5) is 4.79 Å². The molecule has 0 aromatic heterocycles. The SMILES string of the molecule is COCC(C)N(C)C(=O)N[C@@H](C(=O)O)C(C)C. The van der Waals surface area contributed by atoms with Gasteiger partial charge in [-0.05, 0) is 12.8 Å². The Hall–Kier alpha value is -1.30. The highest BCUT2D eigenvalue weighted by molar-refractivity contribution is 5.82. The Bertz CT molecular complexity index is 268. The van der Waals surface area contributed by atoms with Gasteiger partial charge < -0.3 is 20.1 Å². The molecule has 0 bridgehead atoms. The van der Waals surface area contributed by atoms with Crippen molar-refractivity contribution in [2.75, 3.05) is 20.8 Å². The summed E-state index contributed by atoms with van der Waals surface area (Å²) in [6.07, 6.45) is 0. The molecule has 2 N–H and O–H groups in total. The Morgan fingerprint density at radius 1 is 1.35 bits per heavy atom. The molecule has 6 nitrogen and oxygen atoms in total. The first kappa shape index (κ1) is 15.7. The second-order valence-corrected chi connectivity index (χ2v) is 4.42. The van der Waals surface area contributed by atoms with Crippen LogP contribution in [0.25, 0.3) is 0 Å².